The van der Waals surface area contributed by atoms with Gasteiger partial charge in [0.25, 0.3) is 5.91 Å². The summed E-state index contributed by atoms with van der Waals surface area (Å²) in [7, 11) is 0. The molecule has 1 aromatic carbocycles. The van der Waals surface area contributed by atoms with Crippen LogP contribution in [-0.4, -0.2) is 81.6 Å². The quantitative estimate of drug-likeness (QED) is 0.324. The van der Waals surface area contributed by atoms with Crippen LogP contribution in [0.5, 0.6) is 5.75 Å². The number of ether oxygens (including phenoxy) is 1. The zero-order valence-electron chi connectivity index (χ0n) is 24.9. The molecular formula is C31H39FN6O5. The molecule has 0 aliphatic carbocycles. The fraction of sp³-hybridized carbons (Fsp3) is 0.484. The third-order valence-corrected chi connectivity index (χ3v) is 8.28. The zero-order valence-corrected chi connectivity index (χ0v) is 24.9. The van der Waals surface area contributed by atoms with Crippen molar-refractivity contribution in [3.63, 3.8) is 0 Å². The predicted octanol–water partition coefficient (Wildman–Crippen LogP) is 2.98. The number of β-amino-alcohol motifs (C(OH)–C–C–N with tert-alkyl or cyclic N) is 1. The summed E-state index contributed by atoms with van der Waals surface area (Å²) in [4.78, 5) is 36.6. The Balaban J connectivity index is 1.10. The summed E-state index contributed by atoms with van der Waals surface area (Å²) in [5, 5.41) is 16.8. The van der Waals surface area contributed by atoms with Crippen molar-refractivity contribution in [3.05, 3.63) is 70.3 Å². The number of nitrogens with zero attached hydrogens (tertiary/aromatic N) is 4. The van der Waals surface area contributed by atoms with Crippen LogP contribution < -0.4 is 15.4 Å². The summed E-state index contributed by atoms with van der Waals surface area (Å²) in [5.74, 6) is 1.11. The van der Waals surface area contributed by atoms with E-state index in [-0.39, 0.29) is 36.8 Å². The highest BCUT2D eigenvalue weighted by molar-refractivity contribution is 5.94. The van der Waals surface area contributed by atoms with Crippen molar-refractivity contribution < 1.29 is 28.2 Å². The Hall–Kier alpha value is -4.03. The van der Waals surface area contributed by atoms with Gasteiger partial charge in [-0.15, -0.1) is 0 Å². The number of piperidine rings is 1. The normalized spacial score (nSPS) is 16.4. The first kappa shape index (κ1) is 30.4. The molecule has 0 spiro atoms. The molecule has 11 nitrogen and oxygen atoms in total. The number of hydrogen-bond donors (Lipinski definition) is 3. The van der Waals surface area contributed by atoms with Crippen molar-refractivity contribution in [1.29, 1.82) is 0 Å². The van der Waals surface area contributed by atoms with Crippen LogP contribution in [0.3, 0.4) is 0 Å². The van der Waals surface area contributed by atoms with Gasteiger partial charge in [-0.2, -0.15) is 0 Å². The van der Waals surface area contributed by atoms with Crippen LogP contribution >= 0.6 is 0 Å². The topological polar surface area (TPSA) is 133 Å². The lowest BCUT2D eigenvalue weighted by Gasteiger charge is -2.32. The second-order valence-corrected chi connectivity index (χ2v) is 11.3. The number of carbonyl (C=O) groups is 2. The Morgan fingerprint density at radius 1 is 1.19 bits per heavy atom. The molecule has 2 aliphatic rings. The van der Waals surface area contributed by atoms with Crippen molar-refractivity contribution in [2.24, 2.45) is 0 Å². The highest BCUT2D eigenvalue weighted by Gasteiger charge is 2.26. The van der Waals surface area contributed by atoms with E-state index < -0.39 is 6.10 Å². The van der Waals surface area contributed by atoms with E-state index in [9.17, 15) is 14.7 Å². The number of anilines is 1. The molecule has 1 atom stereocenters. The van der Waals surface area contributed by atoms with Gasteiger partial charge in [0, 0.05) is 75.6 Å². The summed E-state index contributed by atoms with van der Waals surface area (Å²) in [6.45, 7) is 8.26. The van der Waals surface area contributed by atoms with Gasteiger partial charge < -0.3 is 29.8 Å². The van der Waals surface area contributed by atoms with Crippen molar-refractivity contribution in [1.82, 2.24) is 25.1 Å². The summed E-state index contributed by atoms with van der Waals surface area (Å²) in [5.41, 5.74) is 3.60. The van der Waals surface area contributed by atoms with Crippen LogP contribution in [0.1, 0.15) is 58.3 Å². The number of rotatable bonds is 10. The molecular weight excluding hydrogens is 555 g/mol. The number of aromatic nitrogens is 2. The molecule has 2 aliphatic heterocycles. The number of aryl methyl sites for hydroxylation is 1. The van der Waals surface area contributed by atoms with Gasteiger partial charge in [-0.1, -0.05) is 0 Å². The van der Waals surface area contributed by atoms with Crippen LogP contribution in [0.4, 0.5) is 10.2 Å². The maximum atomic E-state index is 15.2. The monoisotopic (exact) mass is 594 g/mol. The van der Waals surface area contributed by atoms with Crippen LogP contribution in [0, 0.1) is 19.7 Å². The Kier molecular flexibility index (Phi) is 9.56. The molecule has 2 aromatic heterocycles. The SMILES string of the molecule is CC(=O)N1CCC(Nc2cc(C(=O)NC[C@H](O)CN3CCc4c(C)c(OCc5ocnc5C)cc(F)c4C3)ccn2)CC1. The van der Waals surface area contributed by atoms with Crippen molar-refractivity contribution >= 4 is 17.6 Å². The van der Waals surface area contributed by atoms with E-state index in [0.717, 1.165) is 29.7 Å². The average Bonchev–Trinajstić information content (AvgIpc) is 3.41. The molecule has 0 bridgehead atoms. The number of halogens is 1. The molecule has 5 rings (SSSR count). The van der Waals surface area contributed by atoms with Gasteiger partial charge in [-0.3, -0.25) is 14.5 Å². The first-order valence-electron chi connectivity index (χ1n) is 14.7. The van der Waals surface area contributed by atoms with Crippen LogP contribution in [0.2, 0.25) is 0 Å². The van der Waals surface area contributed by atoms with Crippen LogP contribution in [0.25, 0.3) is 0 Å². The Bertz CT molecular complexity index is 1450. The minimum atomic E-state index is -0.826. The van der Waals surface area contributed by atoms with Gasteiger partial charge in [-0.25, -0.2) is 14.4 Å². The zero-order chi connectivity index (χ0) is 30.5. The lowest BCUT2D eigenvalue weighted by atomic mass is 9.93. The van der Waals surface area contributed by atoms with Crippen molar-refractivity contribution in [2.45, 2.75) is 65.3 Å². The largest absolute Gasteiger partial charge is 0.485 e. The van der Waals surface area contributed by atoms with E-state index in [1.807, 2.05) is 23.6 Å². The fourth-order valence-corrected chi connectivity index (χ4v) is 5.70. The molecule has 0 unspecified atom stereocenters. The maximum absolute atomic E-state index is 15.2. The summed E-state index contributed by atoms with van der Waals surface area (Å²) in [6.07, 6.45) is 4.36. The molecule has 12 heteroatoms. The molecule has 0 saturated carbocycles. The number of nitrogens with one attached hydrogen (secondary N) is 2. The van der Waals surface area contributed by atoms with Crippen LogP contribution in [0.15, 0.2) is 35.2 Å². The third kappa shape index (κ3) is 7.49. The molecule has 2 amide bonds. The Morgan fingerprint density at radius 2 is 1.98 bits per heavy atom. The van der Waals surface area contributed by atoms with Gasteiger partial charge in [0.15, 0.2) is 12.2 Å². The van der Waals surface area contributed by atoms with E-state index in [4.69, 9.17) is 9.15 Å². The minimum Gasteiger partial charge on any atom is -0.485 e. The maximum Gasteiger partial charge on any atom is 0.251 e. The van der Waals surface area contributed by atoms with Gasteiger partial charge in [0.2, 0.25) is 5.91 Å². The lowest BCUT2D eigenvalue weighted by molar-refractivity contribution is -0.129. The number of aliphatic hydroxyl groups is 1. The summed E-state index contributed by atoms with van der Waals surface area (Å²) in [6, 6.07) is 4.90. The highest BCUT2D eigenvalue weighted by Crippen LogP contribution is 2.32. The van der Waals surface area contributed by atoms with Gasteiger partial charge in [0.05, 0.1) is 11.8 Å². The number of carbonyl (C=O) groups excluding carboxylic acids is 2. The number of hydrogen-bond acceptors (Lipinski definition) is 9. The molecule has 1 fully saturated rings. The predicted molar refractivity (Wildman–Crippen MR) is 157 cm³/mol. The average molecular weight is 595 g/mol. The summed E-state index contributed by atoms with van der Waals surface area (Å²) < 4.78 is 26.3. The number of benzene rings is 1. The molecule has 3 N–H and O–H groups in total. The van der Waals surface area contributed by atoms with E-state index in [1.165, 1.54) is 12.5 Å². The fourth-order valence-electron chi connectivity index (χ4n) is 5.70. The number of likely N-dealkylation sites (tertiary alicyclic amines) is 1. The molecule has 43 heavy (non-hydrogen) atoms. The van der Waals surface area contributed by atoms with Crippen molar-refractivity contribution in [3.8, 4) is 5.75 Å². The van der Waals surface area contributed by atoms with E-state index in [0.29, 0.717) is 67.6 Å². The lowest BCUT2D eigenvalue weighted by Crippen LogP contribution is -2.42. The number of aliphatic hydroxyl groups excluding tert-OH is 1. The highest BCUT2D eigenvalue weighted by atomic mass is 19.1. The smallest absolute Gasteiger partial charge is 0.251 e. The Morgan fingerprint density at radius 3 is 2.70 bits per heavy atom. The van der Waals surface area contributed by atoms with E-state index in [2.05, 4.69) is 20.6 Å². The van der Waals surface area contributed by atoms with E-state index in [1.54, 1.807) is 25.3 Å². The molecule has 3 aromatic rings. The minimum absolute atomic E-state index is 0.0616. The number of oxazole rings is 1. The van der Waals surface area contributed by atoms with E-state index >= 15 is 4.39 Å². The molecule has 4 heterocycles. The van der Waals surface area contributed by atoms with Gasteiger partial charge >= 0.3 is 0 Å². The number of fused-ring (bicyclic) bond motifs is 1. The summed E-state index contributed by atoms with van der Waals surface area (Å²) >= 11 is 0. The second-order valence-electron chi connectivity index (χ2n) is 11.3. The first-order valence-corrected chi connectivity index (χ1v) is 14.7. The second kappa shape index (κ2) is 13.5. The Labute approximate surface area is 250 Å². The number of amides is 2. The van der Waals surface area contributed by atoms with Gasteiger partial charge in [-0.05, 0) is 56.4 Å². The van der Waals surface area contributed by atoms with Crippen LogP contribution in [-0.2, 0) is 24.4 Å². The van der Waals surface area contributed by atoms with Gasteiger partial charge in [0.1, 0.15) is 24.0 Å². The molecule has 1 saturated heterocycles. The number of pyridine rings is 1. The van der Waals surface area contributed by atoms with Crippen molar-refractivity contribution in [2.75, 3.05) is 38.0 Å². The standard InChI is InChI=1S/C31H39FN6O5/c1-19-25-7-9-37(16-26(25)27(32)13-28(19)42-17-29-20(2)35-18-43-29)15-24(40)14-34-31(41)22-4-8-33-30(12-22)36-23-5-10-38(11-6-23)21(3)39/h4,8,12-13,18,23-24,40H,5-7,9-11,14-17H2,1-3H3,(H,33,36)(H,34,41)/t24-/m0/s1. The molecule has 230 valence electrons. The molecule has 0 radical (unpaired) electrons. The first-order chi connectivity index (χ1) is 20.7. The third-order valence-electron chi connectivity index (χ3n) is 8.28.